The van der Waals surface area contributed by atoms with Gasteiger partial charge in [0.2, 0.25) is 5.88 Å². The van der Waals surface area contributed by atoms with Gasteiger partial charge in [-0.1, -0.05) is 38.5 Å². The molecule has 0 aliphatic carbocycles. The molecule has 0 N–H and O–H groups in total. The molecule has 1 heterocycles. The number of hydrogen-bond acceptors (Lipinski definition) is 3. The van der Waals surface area contributed by atoms with E-state index in [-0.39, 0.29) is 5.41 Å². The monoisotopic (exact) mass is 334 g/mol. The Balaban J connectivity index is 2.43. The Morgan fingerprint density at radius 1 is 1.05 bits per heavy atom. The zero-order valence-electron chi connectivity index (χ0n) is 12.5. The first-order valence-corrected chi connectivity index (χ1v) is 7.35. The van der Waals surface area contributed by atoms with E-state index in [4.69, 9.17) is 4.74 Å². The minimum Gasteiger partial charge on any atom is -0.439 e. The molecule has 0 unspecified atom stereocenters. The number of rotatable bonds is 2. The predicted octanol–water partition coefficient (Wildman–Crippen LogP) is 4.95. The molecule has 0 atom stereocenters. The molecule has 20 heavy (non-hydrogen) atoms. The van der Waals surface area contributed by atoms with Gasteiger partial charge in [0.15, 0.2) is 0 Å². The van der Waals surface area contributed by atoms with Crippen LogP contribution < -0.4 is 4.74 Å². The van der Waals surface area contributed by atoms with E-state index in [0.717, 1.165) is 10.4 Å². The van der Waals surface area contributed by atoms with Crippen molar-refractivity contribution in [1.29, 1.82) is 0 Å². The first-order valence-electron chi connectivity index (χ1n) is 6.56. The van der Waals surface area contributed by atoms with Gasteiger partial charge in [0, 0.05) is 11.6 Å². The van der Waals surface area contributed by atoms with Gasteiger partial charge in [0.25, 0.3) is 0 Å². The fraction of sp³-hybridized carbons (Fsp3) is 0.375. The number of ether oxygens (including phenoxy) is 1. The largest absolute Gasteiger partial charge is 0.439 e. The first kappa shape index (κ1) is 15.0. The molecule has 0 fully saturated rings. The molecule has 2 aromatic rings. The summed E-state index contributed by atoms with van der Waals surface area (Å²) in [5.74, 6) is 2.07. The summed E-state index contributed by atoms with van der Waals surface area (Å²) in [6.45, 7) is 10.5. The van der Waals surface area contributed by atoms with E-state index in [1.807, 2.05) is 19.1 Å². The van der Waals surface area contributed by atoms with Crippen molar-refractivity contribution >= 4 is 15.9 Å². The highest BCUT2D eigenvalue weighted by molar-refractivity contribution is 9.10. The number of nitrogens with zero attached hydrogens (tertiary/aromatic N) is 2. The van der Waals surface area contributed by atoms with Gasteiger partial charge >= 0.3 is 0 Å². The Kier molecular flexibility index (Phi) is 4.14. The normalized spacial score (nSPS) is 11.5. The average molecular weight is 335 g/mol. The lowest BCUT2D eigenvalue weighted by Gasteiger charge is -2.23. The maximum atomic E-state index is 5.97. The van der Waals surface area contributed by atoms with Crippen LogP contribution in [0, 0.1) is 13.8 Å². The lowest BCUT2D eigenvalue weighted by molar-refractivity contribution is 0.436. The predicted molar refractivity (Wildman–Crippen MR) is 84.4 cm³/mol. The van der Waals surface area contributed by atoms with Crippen molar-refractivity contribution in [3.63, 3.8) is 0 Å². The van der Waals surface area contributed by atoms with Gasteiger partial charge in [-0.15, -0.1) is 0 Å². The first-order chi connectivity index (χ1) is 9.25. The van der Waals surface area contributed by atoms with E-state index < -0.39 is 0 Å². The Bertz CT molecular complexity index is 613. The Morgan fingerprint density at radius 2 is 1.75 bits per heavy atom. The number of hydrogen-bond donors (Lipinski definition) is 0. The minimum absolute atomic E-state index is 0.0145. The standard InChI is InChI=1S/C16H19BrN2O/c1-10-6-7-13(12(8-10)16(3,4)5)20-15-9-14(17)18-11(2)19-15/h6-9H,1-5H3. The quantitative estimate of drug-likeness (QED) is 0.729. The van der Waals surface area contributed by atoms with Crippen molar-refractivity contribution in [3.05, 3.63) is 45.8 Å². The summed E-state index contributed by atoms with van der Waals surface area (Å²) in [6, 6.07) is 7.99. The topological polar surface area (TPSA) is 35.0 Å². The summed E-state index contributed by atoms with van der Waals surface area (Å²) in [7, 11) is 0. The summed E-state index contributed by atoms with van der Waals surface area (Å²) in [5, 5.41) is 0. The summed E-state index contributed by atoms with van der Waals surface area (Å²) >= 11 is 3.36. The van der Waals surface area contributed by atoms with E-state index in [1.54, 1.807) is 6.07 Å². The zero-order chi connectivity index (χ0) is 14.9. The van der Waals surface area contributed by atoms with Crippen LogP contribution in [0.3, 0.4) is 0 Å². The van der Waals surface area contributed by atoms with Crippen LogP contribution >= 0.6 is 15.9 Å². The van der Waals surface area contributed by atoms with Crippen molar-refractivity contribution < 1.29 is 4.74 Å². The Hall–Kier alpha value is -1.42. The second-order valence-electron chi connectivity index (χ2n) is 5.93. The molecule has 0 amide bonds. The maximum Gasteiger partial charge on any atom is 0.223 e. The van der Waals surface area contributed by atoms with Crippen LogP contribution in [0.4, 0.5) is 0 Å². The van der Waals surface area contributed by atoms with Crippen molar-refractivity contribution in [1.82, 2.24) is 9.97 Å². The third-order valence-electron chi connectivity index (χ3n) is 2.94. The molecule has 0 saturated carbocycles. The molecule has 0 spiro atoms. The Morgan fingerprint density at radius 3 is 2.35 bits per heavy atom. The number of halogens is 1. The molecular weight excluding hydrogens is 316 g/mol. The number of benzene rings is 1. The summed E-state index contributed by atoms with van der Waals surface area (Å²) < 4.78 is 6.70. The highest BCUT2D eigenvalue weighted by Crippen LogP contribution is 2.34. The van der Waals surface area contributed by atoms with Gasteiger partial charge in [-0.2, -0.15) is 4.98 Å². The van der Waals surface area contributed by atoms with Crippen molar-refractivity contribution in [2.75, 3.05) is 0 Å². The summed E-state index contributed by atoms with van der Waals surface area (Å²) in [6.07, 6.45) is 0. The van der Waals surface area contributed by atoms with Gasteiger partial charge in [-0.05, 0) is 41.3 Å². The van der Waals surface area contributed by atoms with Crippen LogP contribution in [-0.4, -0.2) is 9.97 Å². The summed E-state index contributed by atoms with van der Waals surface area (Å²) in [5.41, 5.74) is 2.41. The molecule has 0 aliphatic heterocycles. The van der Waals surface area contributed by atoms with Gasteiger partial charge in [-0.3, -0.25) is 0 Å². The van der Waals surface area contributed by atoms with Gasteiger partial charge < -0.3 is 4.74 Å². The van der Waals surface area contributed by atoms with Crippen LogP contribution in [-0.2, 0) is 5.41 Å². The highest BCUT2D eigenvalue weighted by atomic mass is 79.9. The lowest BCUT2D eigenvalue weighted by atomic mass is 9.85. The third kappa shape index (κ3) is 3.57. The fourth-order valence-electron chi connectivity index (χ4n) is 1.99. The second-order valence-corrected chi connectivity index (χ2v) is 6.74. The number of aromatic nitrogens is 2. The molecular formula is C16H19BrN2O. The van der Waals surface area contributed by atoms with E-state index in [1.165, 1.54) is 11.1 Å². The summed E-state index contributed by atoms with van der Waals surface area (Å²) in [4.78, 5) is 8.50. The molecule has 1 aromatic carbocycles. The van der Waals surface area contributed by atoms with Crippen molar-refractivity contribution in [2.45, 2.75) is 40.0 Å². The minimum atomic E-state index is 0.0145. The van der Waals surface area contributed by atoms with Gasteiger partial charge in [-0.25, -0.2) is 4.98 Å². The van der Waals surface area contributed by atoms with Gasteiger partial charge in [0.1, 0.15) is 16.2 Å². The molecule has 0 aliphatic rings. The molecule has 0 radical (unpaired) electrons. The lowest BCUT2D eigenvalue weighted by Crippen LogP contribution is -2.13. The number of aryl methyl sites for hydroxylation is 2. The van der Waals surface area contributed by atoms with Crippen LogP contribution in [0.5, 0.6) is 11.6 Å². The Labute approximate surface area is 128 Å². The zero-order valence-corrected chi connectivity index (χ0v) is 14.1. The SMILES string of the molecule is Cc1ccc(Oc2cc(Br)nc(C)n2)c(C(C)(C)C)c1. The smallest absolute Gasteiger partial charge is 0.223 e. The van der Waals surface area contributed by atoms with Crippen LogP contribution in [0.2, 0.25) is 0 Å². The molecule has 2 rings (SSSR count). The van der Waals surface area contributed by atoms with Crippen molar-refractivity contribution in [3.8, 4) is 11.6 Å². The third-order valence-corrected chi connectivity index (χ3v) is 3.35. The molecule has 3 nitrogen and oxygen atoms in total. The van der Waals surface area contributed by atoms with E-state index in [9.17, 15) is 0 Å². The molecule has 106 valence electrons. The van der Waals surface area contributed by atoms with Crippen LogP contribution in [0.15, 0.2) is 28.9 Å². The van der Waals surface area contributed by atoms with E-state index in [2.05, 4.69) is 59.7 Å². The average Bonchev–Trinajstić information content (AvgIpc) is 2.28. The van der Waals surface area contributed by atoms with Gasteiger partial charge in [0.05, 0.1) is 0 Å². The molecule has 0 saturated heterocycles. The molecule has 1 aromatic heterocycles. The van der Waals surface area contributed by atoms with Crippen molar-refractivity contribution in [2.24, 2.45) is 0 Å². The molecule has 0 bridgehead atoms. The van der Waals surface area contributed by atoms with E-state index in [0.29, 0.717) is 11.7 Å². The second kappa shape index (κ2) is 5.52. The maximum absolute atomic E-state index is 5.97. The van der Waals surface area contributed by atoms with Crippen LogP contribution in [0.25, 0.3) is 0 Å². The highest BCUT2D eigenvalue weighted by Gasteiger charge is 2.20. The fourth-order valence-corrected chi connectivity index (χ4v) is 2.44. The van der Waals surface area contributed by atoms with E-state index >= 15 is 0 Å². The van der Waals surface area contributed by atoms with Crippen LogP contribution in [0.1, 0.15) is 37.7 Å². The molecule has 4 heteroatoms.